The van der Waals surface area contributed by atoms with Crippen LogP contribution >= 0.6 is 0 Å². The van der Waals surface area contributed by atoms with Gasteiger partial charge in [0.15, 0.2) is 0 Å². The number of hydrogen-bond donors (Lipinski definition) is 1. The third-order valence-electron chi connectivity index (χ3n) is 3.24. The van der Waals surface area contributed by atoms with E-state index in [0.29, 0.717) is 0 Å². The van der Waals surface area contributed by atoms with Crippen LogP contribution in [0.1, 0.15) is 5.56 Å². The predicted molar refractivity (Wildman–Crippen MR) is 91.5 cm³/mol. The topological polar surface area (TPSA) is 36.8 Å². The predicted octanol–water partition coefficient (Wildman–Crippen LogP) is 6.15. The number of nitrogens with zero attached hydrogens (tertiary/aromatic N) is 2. The Balaban J connectivity index is 1.67. The summed E-state index contributed by atoms with van der Waals surface area (Å²) in [5.74, 6) is 0. The Morgan fingerprint density at radius 1 is 0.591 bits per heavy atom. The number of azo groups is 1. The molecule has 0 aliphatic heterocycles. The molecule has 3 aromatic carbocycles. The number of benzene rings is 3. The molecule has 0 amide bonds. The van der Waals surface area contributed by atoms with Gasteiger partial charge in [0.2, 0.25) is 0 Å². The minimum absolute atomic E-state index is 0.833. The van der Waals surface area contributed by atoms with Gasteiger partial charge < -0.3 is 5.32 Å². The van der Waals surface area contributed by atoms with Crippen LogP contribution in [0.3, 0.4) is 0 Å². The molecule has 0 unspecified atom stereocenters. The molecule has 3 nitrogen and oxygen atoms in total. The highest BCUT2D eigenvalue weighted by molar-refractivity contribution is 5.61. The van der Waals surface area contributed by atoms with Crippen LogP contribution in [0, 0.1) is 6.92 Å². The molecule has 0 spiro atoms. The summed E-state index contributed by atoms with van der Waals surface area (Å²) in [6.07, 6.45) is 0. The maximum atomic E-state index is 4.25. The van der Waals surface area contributed by atoms with Crippen molar-refractivity contribution in [2.45, 2.75) is 6.92 Å². The van der Waals surface area contributed by atoms with Crippen LogP contribution in [-0.2, 0) is 0 Å². The fraction of sp³-hybridized carbons (Fsp3) is 0.0526. The Kier molecular flexibility index (Phi) is 4.25. The highest BCUT2D eigenvalue weighted by Gasteiger charge is 1.95. The van der Waals surface area contributed by atoms with Crippen LogP contribution in [0.4, 0.5) is 22.7 Å². The quantitative estimate of drug-likeness (QED) is 0.574. The fourth-order valence-electron chi connectivity index (χ4n) is 2.03. The summed E-state index contributed by atoms with van der Waals surface area (Å²) in [5.41, 5.74) is 5.00. The van der Waals surface area contributed by atoms with Gasteiger partial charge in [-0.05, 0) is 55.5 Å². The van der Waals surface area contributed by atoms with Crippen LogP contribution in [0.5, 0.6) is 0 Å². The standard InChI is InChI=1S/C19H17N3/c1-15-7-9-18(10-8-15)21-22-19-13-11-17(12-14-19)20-16-5-3-2-4-6-16/h2-14,20H,1H3. The summed E-state index contributed by atoms with van der Waals surface area (Å²) in [6, 6.07) is 25.9. The van der Waals surface area contributed by atoms with E-state index in [0.717, 1.165) is 22.7 Å². The number of nitrogens with one attached hydrogen (secondary N) is 1. The molecule has 0 heterocycles. The third kappa shape index (κ3) is 3.79. The van der Waals surface area contributed by atoms with Crippen LogP contribution in [-0.4, -0.2) is 0 Å². The minimum atomic E-state index is 0.833. The molecule has 0 saturated carbocycles. The summed E-state index contributed by atoms with van der Waals surface area (Å²) < 4.78 is 0. The highest BCUT2D eigenvalue weighted by atomic mass is 15.1. The van der Waals surface area contributed by atoms with Gasteiger partial charge >= 0.3 is 0 Å². The van der Waals surface area contributed by atoms with Crippen molar-refractivity contribution in [2.24, 2.45) is 10.2 Å². The Bertz CT molecular complexity index is 745. The molecular formula is C19H17N3. The second-order valence-corrected chi connectivity index (χ2v) is 5.07. The SMILES string of the molecule is Cc1ccc(N=Nc2ccc(Nc3ccccc3)cc2)cc1. The van der Waals surface area contributed by atoms with Gasteiger partial charge in [-0.2, -0.15) is 10.2 Å². The Hall–Kier alpha value is -2.94. The largest absolute Gasteiger partial charge is 0.356 e. The second kappa shape index (κ2) is 6.68. The van der Waals surface area contributed by atoms with E-state index in [1.807, 2.05) is 78.9 Å². The first-order valence-electron chi connectivity index (χ1n) is 7.20. The maximum absolute atomic E-state index is 4.25. The number of aryl methyl sites for hydroxylation is 1. The lowest BCUT2D eigenvalue weighted by molar-refractivity contribution is 1.23. The molecule has 0 atom stereocenters. The van der Waals surface area contributed by atoms with E-state index in [1.54, 1.807) is 0 Å². The van der Waals surface area contributed by atoms with Crippen LogP contribution < -0.4 is 5.32 Å². The van der Waals surface area contributed by atoms with E-state index >= 15 is 0 Å². The smallest absolute Gasteiger partial charge is 0.0858 e. The molecule has 0 aliphatic rings. The monoisotopic (exact) mass is 287 g/mol. The lowest BCUT2D eigenvalue weighted by Crippen LogP contribution is -1.88. The van der Waals surface area contributed by atoms with E-state index in [1.165, 1.54) is 5.56 Å². The van der Waals surface area contributed by atoms with E-state index in [-0.39, 0.29) is 0 Å². The summed E-state index contributed by atoms with van der Waals surface area (Å²) in [7, 11) is 0. The summed E-state index contributed by atoms with van der Waals surface area (Å²) in [5, 5.41) is 11.8. The van der Waals surface area contributed by atoms with Crippen molar-refractivity contribution in [3.63, 3.8) is 0 Å². The van der Waals surface area contributed by atoms with Gasteiger partial charge in [0.1, 0.15) is 0 Å². The van der Waals surface area contributed by atoms with Gasteiger partial charge in [-0.1, -0.05) is 35.9 Å². The van der Waals surface area contributed by atoms with E-state index in [4.69, 9.17) is 0 Å². The van der Waals surface area contributed by atoms with Crippen molar-refractivity contribution in [1.29, 1.82) is 0 Å². The van der Waals surface area contributed by atoms with E-state index < -0.39 is 0 Å². The Morgan fingerprint density at radius 3 is 1.68 bits per heavy atom. The molecular weight excluding hydrogens is 270 g/mol. The summed E-state index contributed by atoms with van der Waals surface area (Å²) >= 11 is 0. The number of hydrogen-bond acceptors (Lipinski definition) is 3. The average Bonchev–Trinajstić information content (AvgIpc) is 2.57. The van der Waals surface area contributed by atoms with Gasteiger partial charge in [0.25, 0.3) is 0 Å². The van der Waals surface area contributed by atoms with Gasteiger partial charge in [-0.15, -0.1) is 0 Å². The second-order valence-electron chi connectivity index (χ2n) is 5.07. The van der Waals surface area contributed by atoms with E-state index in [9.17, 15) is 0 Å². The van der Waals surface area contributed by atoms with Crippen molar-refractivity contribution in [3.8, 4) is 0 Å². The van der Waals surface area contributed by atoms with Crippen LogP contribution in [0.25, 0.3) is 0 Å². The molecule has 0 aliphatic carbocycles. The molecule has 108 valence electrons. The van der Waals surface area contributed by atoms with Gasteiger partial charge in [-0.25, -0.2) is 0 Å². The zero-order valence-corrected chi connectivity index (χ0v) is 12.4. The molecule has 0 radical (unpaired) electrons. The number of para-hydroxylation sites is 1. The highest BCUT2D eigenvalue weighted by Crippen LogP contribution is 2.22. The number of rotatable bonds is 4. The average molecular weight is 287 g/mol. The van der Waals surface area contributed by atoms with Gasteiger partial charge in [-0.3, -0.25) is 0 Å². The molecule has 0 saturated heterocycles. The molecule has 22 heavy (non-hydrogen) atoms. The fourth-order valence-corrected chi connectivity index (χ4v) is 2.03. The van der Waals surface area contributed by atoms with E-state index in [2.05, 4.69) is 22.5 Å². The maximum Gasteiger partial charge on any atom is 0.0858 e. The molecule has 3 heteroatoms. The molecule has 1 N–H and O–H groups in total. The lowest BCUT2D eigenvalue weighted by Gasteiger charge is -2.05. The van der Waals surface area contributed by atoms with Crippen molar-refractivity contribution < 1.29 is 0 Å². The lowest BCUT2D eigenvalue weighted by atomic mass is 10.2. The first-order valence-corrected chi connectivity index (χ1v) is 7.20. The summed E-state index contributed by atoms with van der Waals surface area (Å²) in [4.78, 5) is 0. The first-order chi connectivity index (χ1) is 10.8. The minimum Gasteiger partial charge on any atom is -0.356 e. The zero-order valence-electron chi connectivity index (χ0n) is 12.4. The molecule has 0 fully saturated rings. The molecule has 0 bridgehead atoms. The van der Waals surface area contributed by atoms with Crippen molar-refractivity contribution >= 4 is 22.7 Å². The Labute approximate surface area is 130 Å². The normalized spacial score (nSPS) is 10.8. The number of anilines is 2. The third-order valence-corrected chi connectivity index (χ3v) is 3.24. The molecule has 3 aromatic rings. The van der Waals surface area contributed by atoms with Crippen molar-refractivity contribution in [2.75, 3.05) is 5.32 Å². The first kappa shape index (κ1) is 14.0. The van der Waals surface area contributed by atoms with Crippen molar-refractivity contribution in [1.82, 2.24) is 0 Å². The zero-order chi connectivity index (χ0) is 15.2. The summed E-state index contributed by atoms with van der Waals surface area (Å²) in [6.45, 7) is 2.05. The van der Waals surface area contributed by atoms with Crippen LogP contribution in [0.15, 0.2) is 89.1 Å². The molecule has 0 aromatic heterocycles. The molecule has 3 rings (SSSR count). The van der Waals surface area contributed by atoms with Crippen LogP contribution in [0.2, 0.25) is 0 Å². The van der Waals surface area contributed by atoms with Gasteiger partial charge in [0.05, 0.1) is 11.4 Å². The van der Waals surface area contributed by atoms with Crippen molar-refractivity contribution in [3.05, 3.63) is 84.4 Å². The van der Waals surface area contributed by atoms with Gasteiger partial charge in [0, 0.05) is 11.4 Å². The Morgan fingerprint density at radius 2 is 1.09 bits per heavy atom.